The summed E-state index contributed by atoms with van der Waals surface area (Å²) in [4.78, 5) is 30.2. The fourth-order valence-corrected chi connectivity index (χ4v) is 4.45. The second kappa shape index (κ2) is 9.55. The van der Waals surface area contributed by atoms with E-state index in [0.717, 1.165) is 38.4 Å². The van der Waals surface area contributed by atoms with Crippen molar-refractivity contribution in [3.05, 3.63) is 64.4 Å². The molecule has 0 aliphatic carbocycles. The molecule has 0 saturated carbocycles. The average Bonchev–Trinajstić information content (AvgIpc) is 3.46. The van der Waals surface area contributed by atoms with Crippen molar-refractivity contribution >= 4 is 51.1 Å². The summed E-state index contributed by atoms with van der Waals surface area (Å²) in [5, 5.41) is 6.84. The highest BCUT2D eigenvalue weighted by molar-refractivity contribution is 7.18. The Labute approximate surface area is 189 Å². The van der Waals surface area contributed by atoms with Crippen LogP contribution in [0.25, 0.3) is 0 Å². The number of rotatable bonds is 6. The molecule has 2 N–H and O–H groups in total. The summed E-state index contributed by atoms with van der Waals surface area (Å²) in [5.41, 5.74) is 1.63. The number of amides is 2. The molecule has 0 radical (unpaired) electrons. The first-order valence-corrected chi connectivity index (χ1v) is 11.3. The van der Waals surface area contributed by atoms with Crippen molar-refractivity contribution < 1.29 is 14.0 Å². The molecule has 9 heteroatoms. The van der Waals surface area contributed by atoms with Gasteiger partial charge in [0, 0.05) is 31.2 Å². The number of anilines is 3. The van der Waals surface area contributed by atoms with E-state index < -0.39 is 0 Å². The van der Waals surface area contributed by atoms with Crippen LogP contribution >= 0.6 is 22.9 Å². The lowest BCUT2D eigenvalue weighted by atomic mass is 10.2. The largest absolute Gasteiger partial charge is 0.459 e. The molecule has 1 fully saturated rings. The minimum atomic E-state index is -0.359. The fraction of sp³-hybridized carbons (Fsp3) is 0.273. The molecule has 31 heavy (non-hydrogen) atoms. The molecular weight excluding hydrogens is 436 g/mol. The fourth-order valence-electron chi connectivity index (χ4n) is 3.48. The van der Waals surface area contributed by atoms with E-state index in [0.29, 0.717) is 20.6 Å². The van der Waals surface area contributed by atoms with E-state index in [4.69, 9.17) is 16.0 Å². The minimum absolute atomic E-state index is 0.214. The molecule has 0 unspecified atom stereocenters. The van der Waals surface area contributed by atoms with E-state index in [9.17, 15) is 9.59 Å². The third kappa shape index (κ3) is 5.10. The number of nitrogens with one attached hydrogen (secondary N) is 2. The van der Waals surface area contributed by atoms with Crippen molar-refractivity contribution in [2.24, 2.45) is 0 Å². The number of benzene rings is 1. The molecular formula is C22H23ClN4O3S. The van der Waals surface area contributed by atoms with Crippen LogP contribution in [0.5, 0.6) is 0 Å². The third-order valence-corrected chi connectivity index (χ3v) is 6.41. The van der Waals surface area contributed by atoms with E-state index in [1.165, 1.54) is 17.6 Å². The lowest BCUT2D eigenvalue weighted by Gasteiger charge is -2.36. The molecule has 2 aromatic heterocycles. The number of hydrogen-bond acceptors (Lipinski definition) is 6. The number of thiophene rings is 1. The molecule has 3 aromatic rings. The smallest absolute Gasteiger partial charge is 0.291 e. The van der Waals surface area contributed by atoms with Crippen molar-refractivity contribution in [3.63, 3.8) is 0 Å². The molecule has 4 rings (SSSR count). The first-order chi connectivity index (χ1) is 15.0. The van der Waals surface area contributed by atoms with E-state index in [1.54, 1.807) is 30.3 Å². The van der Waals surface area contributed by atoms with Gasteiger partial charge in [0.15, 0.2) is 5.76 Å². The van der Waals surface area contributed by atoms with E-state index >= 15 is 0 Å². The van der Waals surface area contributed by atoms with Crippen LogP contribution in [-0.4, -0.2) is 49.4 Å². The van der Waals surface area contributed by atoms with Gasteiger partial charge in [0.1, 0.15) is 0 Å². The Balaban J connectivity index is 1.46. The van der Waals surface area contributed by atoms with Crippen molar-refractivity contribution in [2.45, 2.75) is 6.92 Å². The van der Waals surface area contributed by atoms with Gasteiger partial charge < -0.3 is 24.9 Å². The summed E-state index contributed by atoms with van der Waals surface area (Å²) in [5.74, 6) is -0.396. The molecule has 0 atom stereocenters. The van der Waals surface area contributed by atoms with Crippen LogP contribution in [0.3, 0.4) is 0 Å². The average molecular weight is 459 g/mol. The van der Waals surface area contributed by atoms with Gasteiger partial charge in [-0.15, -0.1) is 11.3 Å². The highest BCUT2D eigenvalue weighted by Gasteiger charge is 2.20. The highest BCUT2D eigenvalue weighted by Crippen LogP contribution is 2.31. The van der Waals surface area contributed by atoms with Gasteiger partial charge in [-0.3, -0.25) is 9.59 Å². The maximum absolute atomic E-state index is 12.9. The maximum atomic E-state index is 12.9. The molecule has 3 heterocycles. The molecule has 162 valence electrons. The zero-order chi connectivity index (χ0) is 21.8. The number of halogens is 1. The number of carbonyl (C=O) groups is 2. The second-order valence-corrected chi connectivity index (χ2v) is 8.65. The molecule has 0 bridgehead atoms. The Morgan fingerprint density at radius 1 is 1.06 bits per heavy atom. The van der Waals surface area contributed by atoms with E-state index in [1.807, 2.05) is 12.1 Å². The van der Waals surface area contributed by atoms with Crippen LogP contribution < -0.4 is 15.5 Å². The van der Waals surface area contributed by atoms with Gasteiger partial charge in [0.2, 0.25) is 0 Å². The Hall–Kier alpha value is -2.81. The van der Waals surface area contributed by atoms with Gasteiger partial charge in [-0.2, -0.15) is 0 Å². The van der Waals surface area contributed by atoms with E-state index in [-0.39, 0.29) is 17.6 Å². The summed E-state index contributed by atoms with van der Waals surface area (Å²) < 4.78 is 5.09. The summed E-state index contributed by atoms with van der Waals surface area (Å²) in [6.07, 6.45) is 1.44. The van der Waals surface area contributed by atoms with Gasteiger partial charge in [-0.25, -0.2) is 0 Å². The molecule has 1 aliphatic rings. The highest BCUT2D eigenvalue weighted by atomic mass is 35.5. The first kappa shape index (κ1) is 21.4. The van der Waals surface area contributed by atoms with Gasteiger partial charge in [-0.1, -0.05) is 18.5 Å². The first-order valence-electron chi connectivity index (χ1n) is 10.1. The second-order valence-electron chi connectivity index (χ2n) is 7.13. The molecule has 1 saturated heterocycles. The van der Waals surface area contributed by atoms with Crippen molar-refractivity contribution in [1.82, 2.24) is 4.90 Å². The van der Waals surface area contributed by atoms with Gasteiger partial charge in [0.05, 0.1) is 27.5 Å². The summed E-state index contributed by atoms with van der Waals surface area (Å²) in [6.45, 7) is 6.94. The molecule has 2 amide bonds. The summed E-state index contributed by atoms with van der Waals surface area (Å²) >= 11 is 7.41. The quantitative estimate of drug-likeness (QED) is 0.562. The zero-order valence-corrected chi connectivity index (χ0v) is 18.6. The third-order valence-electron chi connectivity index (χ3n) is 5.18. The van der Waals surface area contributed by atoms with Gasteiger partial charge in [-0.05, 0) is 49.0 Å². The van der Waals surface area contributed by atoms with Crippen LogP contribution in [0.15, 0.2) is 53.1 Å². The van der Waals surface area contributed by atoms with Gasteiger partial charge in [0.25, 0.3) is 11.8 Å². The SMILES string of the molecule is CCN1CCN(c2ccc(Cl)cc2NC(=O)c2ccc(NC(=O)c3ccco3)s2)CC1. The Kier molecular flexibility index (Phi) is 6.60. The van der Waals surface area contributed by atoms with Crippen LogP contribution in [-0.2, 0) is 0 Å². The Morgan fingerprint density at radius 3 is 2.58 bits per heavy atom. The predicted molar refractivity (Wildman–Crippen MR) is 125 cm³/mol. The molecule has 1 aromatic carbocycles. The number of nitrogens with zero attached hydrogens (tertiary/aromatic N) is 2. The van der Waals surface area contributed by atoms with Gasteiger partial charge >= 0.3 is 0 Å². The van der Waals surface area contributed by atoms with Crippen molar-refractivity contribution in [2.75, 3.05) is 48.3 Å². The van der Waals surface area contributed by atoms with Crippen LogP contribution in [0.4, 0.5) is 16.4 Å². The van der Waals surface area contributed by atoms with Crippen molar-refractivity contribution in [1.29, 1.82) is 0 Å². The summed E-state index contributed by atoms with van der Waals surface area (Å²) in [7, 11) is 0. The van der Waals surface area contributed by atoms with Crippen molar-refractivity contribution in [3.8, 4) is 0 Å². The molecule has 7 nitrogen and oxygen atoms in total. The monoisotopic (exact) mass is 458 g/mol. The summed E-state index contributed by atoms with van der Waals surface area (Å²) in [6, 6.07) is 12.2. The Bertz CT molecular complexity index is 1060. The normalized spacial score (nSPS) is 14.5. The predicted octanol–water partition coefficient (Wildman–Crippen LogP) is 4.64. The maximum Gasteiger partial charge on any atom is 0.291 e. The number of likely N-dealkylation sites (N-methyl/N-ethyl adjacent to an activating group) is 1. The minimum Gasteiger partial charge on any atom is -0.459 e. The number of piperazine rings is 1. The van der Waals surface area contributed by atoms with Crippen LogP contribution in [0.2, 0.25) is 5.02 Å². The Morgan fingerprint density at radius 2 is 1.87 bits per heavy atom. The lowest BCUT2D eigenvalue weighted by molar-refractivity contribution is 0.0995. The van der Waals surface area contributed by atoms with E-state index in [2.05, 4.69) is 27.4 Å². The number of carbonyl (C=O) groups excluding carboxylic acids is 2. The lowest BCUT2D eigenvalue weighted by Crippen LogP contribution is -2.46. The molecule has 1 aliphatic heterocycles. The van der Waals surface area contributed by atoms with Crippen LogP contribution in [0.1, 0.15) is 27.2 Å². The zero-order valence-electron chi connectivity index (χ0n) is 17.1. The topological polar surface area (TPSA) is 77.8 Å². The number of hydrogen-bond donors (Lipinski definition) is 2. The van der Waals surface area contributed by atoms with Crippen LogP contribution in [0, 0.1) is 0 Å². The standard InChI is InChI=1S/C22H23ClN4O3S/c1-2-26-9-11-27(12-10-26)17-6-5-15(23)14-16(17)24-22(29)19-7-8-20(31-19)25-21(28)18-4-3-13-30-18/h3-8,13-14H,2,9-12H2,1H3,(H,24,29)(H,25,28). The number of furan rings is 1. The molecule has 0 spiro atoms.